The third-order valence-corrected chi connectivity index (χ3v) is 8.16. The van der Waals surface area contributed by atoms with Gasteiger partial charge in [-0.2, -0.15) is 5.10 Å². The molecule has 1 saturated heterocycles. The number of aryl methyl sites for hydroxylation is 1. The van der Waals surface area contributed by atoms with E-state index in [4.69, 9.17) is 9.84 Å². The molecule has 1 saturated carbocycles. The van der Waals surface area contributed by atoms with Gasteiger partial charge in [0.05, 0.1) is 11.6 Å². The zero-order chi connectivity index (χ0) is 27.6. The molecule has 40 heavy (non-hydrogen) atoms. The summed E-state index contributed by atoms with van der Waals surface area (Å²) < 4.78 is 9.64. The van der Waals surface area contributed by atoms with Gasteiger partial charge in [-0.15, -0.1) is 5.10 Å². The molecular formula is C30H38N8O2. The van der Waals surface area contributed by atoms with Gasteiger partial charge in [-0.3, -0.25) is 14.4 Å². The SMILES string of the molecule is CCNc1cc2c(cn1)c(-c1ccc(CN3CC(NC)C3)cc1)nn2C1CCC(Oc2ccc(=O)n(C)n2)CC1. The van der Waals surface area contributed by atoms with E-state index in [0.717, 1.165) is 79.8 Å². The van der Waals surface area contributed by atoms with Crippen LogP contribution in [0.4, 0.5) is 5.82 Å². The molecular weight excluding hydrogens is 504 g/mol. The zero-order valence-electron chi connectivity index (χ0n) is 23.5. The number of anilines is 1. The number of nitrogens with zero attached hydrogens (tertiary/aromatic N) is 6. The molecule has 210 valence electrons. The van der Waals surface area contributed by atoms with Gasteiger partial charge in [0.1, 0.15) is 17.6 Å². The van der Waals surface area contributed by atoms with Crippen LogP contribution in [0.25, 0.3) is 22.2 Å². The van der Waals surface area contributed by atoms with E-state index in [1.54, 1.807) is 13.1 Å². The Hall–Kier alpha value is -3.76. The predicted octanol–water partition coefficient (Wildman–Crippen LogP) is 3.59. The molecule has 2 fully saturated rings. The fourth-order valence-electron chi connectivity index (χ4n) is 5.83. The van der Waals surface area contributed by atoms with Crippen LogP contribution in [0.5, 0.6) is 5.88 Å². The number of fused-ring (bicyclic) bond motifs is 1. The van der Waals surface area contributed by atoms with Crippen LogP contribution in [-0.4, -0.2) is 68.3 Å². The smallest absolute Gasteiger partial charge is 0.266 e. The average molecular weight is 543 g/mol. The van der Waals surface area contributed by atoms with E-state index < -0.39 is 0 Å². The monoisotopic (exact) mass is 542 g/mol. The molecule has 10 heteroatoms. The third kappa shape index (κ3) is 5.46. The Kier molecular flexibility index (Phi) is 7.53. The maximum atomic E-state index is 11.7. The molecule has 1 aliphatic heterocycles. The number of hydrogen-bond acceptors (Lipinski definition) is 8. The highest BCUT2D eigenvalue weighted by Gasteiger charge is 2.28. The first-order chi connectivity index (χ1) is 19.5. The summed E-state index contributed by atoms with van der Waals surface area (Å²) in [5, 5.41) is 17.2. The van der Waals surface area contributed by atoms with Crippen molar-refractivity contribution >= 4 is 16.7 Å². The Bertz CT molecular complexity index is 1520. The summed E-state index contributed by atoms with van der Waals surface area (Å²) in [6.45, 7) is 6.07. The largest absolute Gasteiger partial charge is 0.473 e. The maximum Gasteiger partial charge on any atom is 0.266 e. The number of likely N-dealkylation sites (N-methyl/N-ethyl adjacent to an activating group) is 1. The second-order valence-electron chi connectivity index (χ2n) is 11.0. The van der Waals surface area contributed by atoms with Crippen LogP contribution >= 0.6 is 0 Å². The molecule has 0 amide bonds. The summed E-state index contributed by atoms with van der Waals surface area (Å²) in [5.74, 6) is 1.36. The van der Waals surface area contributed by atoms with Crippen molar-refractivity contribution in [1.82, 2.24) is 34.8 Å². The van der Waals surface area contributed by atoms with E-state index in [9.17, 15) is 4.79 Å². The molecule has 0 spiro atoms. The van der Waals surface area contributed by atoms with Crippen molar-refractivity contribution in [2.45, 2.75) is 57.3 Å². The van der Waals surface area contributed by atoms with Crippen molar-refractivity contribution in [2.24, 2.45) is 7.05 Å². The van der Waals surface area contributed by atoms with Crippen molar-refractivity contribution in [3.05, 3.63) is 64.6 Å². The molecule has 2 N–H and O–H groups in total. The molecule has 2 aliphatic rings. The molecule has 3 aromatic heterocycles. The van der Waals surface area contributed by atoms with Crippen LogP contribution in [0.3, 0.4) is 0 Å². The van der Waals surface area contributed by atoms with Gasteiger partial charge in [0.25, 0.3) is 5.56 Å². The molecule has 0 radical (unpaired) electrons. The molecule has 4 heterocycles. The van der Waals surface area contributed by atoms with Crippen molar-refractivity contribution in [3.8, 4) is 17.1 Å². The summed E-state index contributed by atoms with van der Waals surface area (Å²) in [6, 6.07) is 15.0. The summed E-state index contributed by atoms with van der Waals surface area (Å²) in [7, 11) is 3.67. The Morgan fingerprint density at radius 3 is 2.50 bits per heavy atom. The van der Waals surface area contributed by atoms with Crippen LogP contribution in [0, 0.1) is 0 Å². The number of likely N-dealkylation sites (tertiary alicyclic amines) is 1. The van der Waals surface area contributed by atoms with Gasteiger partial charge < -0.3 is 15.4 Å². The minimum atomic E-state index is -0.141. The van der Waals surface area contributed by atoms with Gasteiger partial charge in [-0.1, -0.05) is 24.3 Å². The van der Waals surface area contributed by atoms with Gasteiger partial charge in [0, 0.05) is 74.6 Å². The van der Waals surface area contributed by atoms with E-state index in [2.05, 4.69) is 67.6 Å². The second kappa shape index (κ2) is 11.4. The quantitative estimate of drug-likeness (QED) is 0.331. The van der Waals surface area contributed by atoms with Crippen molar-refractivity contribution in [1.29, 1.82) is 0 Å². The lowest BCUT2D eigenvalue weighted by Gasteiger charge is -2.39. The minimum absolute atomic E-state index is 0.0730. The molecule has 4 aromatic rings. The minimum Gasteiger partial charge on any atom is -0.473 e. The van der Waals surface area contributed by atoms with Gasteiger partial charge in [-0.05, 0) is 45.2 Å². The highest BCUT2D eigenvalue weighted by atomic mass is 16.5. The lowest BCUT2D eigenvalue weighted by molar-refractivity contribution is 0.123. The first-order valence-electron chi connectivity index (χ1n) is 14.3. The van der Waals surface area contributed by atoms with Crippen molar-refractivity contribution in [2.75, 3.05) is 32.0 Å². The molecule has 0 atom stereocenters. The summed E-state index contributed by atoms with van der Waals surface area (Å²) in [6.07, 6.45) is 5.73. The number of aromatic nitrogens is 5. The van der Waals surface area contributed by atoms with Crippen LogP contribution in [-0.2, 0) is 13.6 Å². The van der Waals surface area contributed by atoms with E-state index in [1.165, 1.54) is 16.3 Å². The number of pyridine rings is 1. The highest BCUT2D eigenvalue weighted by Crippen LogP contribution is 2.36. The van der Waals surface area contributed by atoms with Gasteiger partial charge in [0.15, 0.2) is 0 Å². The zero-order valence-corrected chi connectivity index (χ0v) is 23.5. The molecule has 1 aliphatic carbocycles. The van der Waals surface area contributed by atoms with Crippen LogP contribution in [0.15, 0.2) is 53.5 Å². The lowest BCUT2D eigenvalue weighted by atomic mass is 9.93. The number of hydrogen-bond donors (Lipinski definition) is 2. The van der Waals surface area contributed by atoms with Crippen LogP contribution in [0.1, 0.15) is 44.2 Å². The number of benzene rings is 1. The summed E-state index contributed by atoms with van der Waals surface area (Å²) in [5.41, 5.74) is 4.37. The van der Waals surface area contributed by atoms with Crippen molar-refractivity contribution in [3.63, 3.8) is 0 Å². The summed E-state index contributed by atoms with van der Waals surface area (Å²) >= 11 is 0. The van der Waals surface area contributed by atoms with Gasteiger partial charge in [-0.25, -0.2) is 9.67 Å². The molecule has 0 unspecified atom stereocenters. The predicted molar refractivity (Wildman–Crippen MR) is 157 cm³/mol. The van der Waals surface area contributed by atoms with E-state index in [0.29, 0.717) is 11.9 Å². The second-order valence-corrected chi connectivity index (χ2v) is 11.0. The van der Waals surface area contributed by atoms with Gasteiger partial charge in [0.2, 0.25) is 5.88 Å². The Labute approximate surface area is 234 Å². The fourth-order valence-corrected chi connectivity index (χ4v) is 5.83. The summed E-state index contributed by atoms with van der Waals surface area (Å²) in [4.78, 5) is 18.8. The Balaban J connectivity index is 1.21. The van der Waals surface area contributed by atoms with Crippen LogP contribution < -0.4 is 20.9 Å². The van der Waals surface area contributed by atoms with E-state index in [-0.39, 0.29) is 17.7 Å². The lowest BCUT2D eigenvalue weighted by Crippen LogP contribution is -2.56. The first kappa shape index (κ1) is 26.5. The average Bonchev–Trinajstić information content (AvgIpc) is 3.32. The highest BCUT2D eigenvalue weighted by molar-refractivity contribution is 5.94. The van der Waals surface area contributed by atoms with Gasteiger partial charge >= 0.3 is 0 Å². The molecule has 6 rings (SSSR count). The van der Waals surface area contributed by atoms with Crippen LogP contribution in [0.2, 0.25) is 0 Å². The molecule has 0 bridgehead atoms. The van der Waals surface area contributed by atoms with Crippen molar-refractivity contribution < 1.29 is 4.74 Å². The number of nitrogens with one attached hydrogen (secondary N) is 2. The fraction of sp³-hybridized carbons (Fsp3) is 0.467. The Morgan fingerprint density at radius 2 is 1.80 bits per heavy atom. The number of rotatable bonds is 9. The van der Waals surface area contributed by atoms with E-state index >= 15 is 0 Å². The third-order valence-electron chi connectivity index (χ3n) is 8.16. The number of ether oxygens (including phenoxy) is 1. The topological polar surface area (TPSA) is 102 Å². The standard InChI is InChI=1S/C30H38N8O2/c1-4-32-27-15-26-25(16-33-27)30(21-7-5-20(6-8-21)17-37-18-22(19-37)31-2)35-38(26)23-9-11-24(12-10-23)40-28-13-14-29(39)36(3)34-28/h5-8,13-16,22-24,31H,4,9-12,17-19H2,1-3H3,(H,32,33). The Morgan fingerprint density at radius 1 is 1.02 bits per heavy atom. The van der Waals surface area contributed by atoms with E-state index in [1.807, 2.05) is 13.2 Å². The maximum absolute atomic E-state index is 11.7. The molecule has 10 nitrogen and oxygen atoms in total. The molecule has 1 aromatic carbocycles. The first-order valence-corrected chi connectivity index (χ1v) is 14.3. The normalized spacial score (nSPS) is 20.0.